The van der Waals surface area contributed by atoms with Gasteiger partial charge in [0.2, 0.25) is 0 Å². The van der Waals surface area contributed by atoms with Gasteiger partial charge in [0, 0.05) is 18.7 Å². The lowest BCUT2D eigenvalue weighted by Gasteiger charge is -2.26. The quantitative estimate of drug-likeness (QED) is 0.663. The molecule has 0 aliphatic carbocycles. The molecule has 0 aliphatic rings. The topological polar surface area (TPSA) is 32.3 Å². The predicted octanol–water partition coefficient (Wildman–Crippen LogP) is 2.42. The molecule has 2 nitrogen and oxygen atoms in total. The predicted molar refractivity (Wildman–Crippen MR) is 62.4 cm³/mol. The van der Waals surface area contributed by atoms with Crippen LogP contribution in [0.1, 0.15) is 47.5 Å². The summed E-state index contributed by atoms with van der Waals surface area (Å²) >= 11 is 0. The van der Waals surface area contributed by atoms with Gasteiger partial charge in [-0.2, -0.15) is 0 Å². The van der Waals surface area contributed by atoms with Crippen molar-refractivity contribution in [3.05, 3.63) is 0 Å². The zero-order valence-electron chi connectivity index (χ0n) is 10.4. The van der Waals surface area contributed by atoms with E-state index in [9.17, 15) is 0 Å². The fourth-order valence-corrected chi connectivity index (χ4v) is 1.89. The SMILES string of the molecule is CC(C)CC(C)NC(CCO)C(C)C. The van der Waals surface area contributed by atoms with Crippen molar-refractivity contribution >= 4 is 0 Å². The van der Waals surface area contributed by atoms with Crippen molar-refractivity contribution in [2.45, 2.75) is 59.5 Å². The second-order valence-corrected chi connectivity index (χ2v) is 5.06. The Kier molecular flexibility index (Phi) is 7.20. The van der Waals surface area contributed by atoms with Crippen molar-refractivity contribution in [3.63, 3.8) is 0 Å². The van der Waals surface area contributed by atoms with Crippen molar-refractivity contribution in [2.75, 3.05) is 6.61 Å². The minimum absolute atomic E-state index is 0.282. The van der Waals surface area contributed by atoms with Crippen molar-refractivity contribution < 1.29 is 5.11 Å². The Morgan fingerprint density at radius 1 is 1.07 bits per heavy atom. The highest BCUT2D eigenvalue weighted by Gasteiger charge is 2.15. The molecule has 86 valence electrons. The molecule has 0 bridgehead atoms. The summed E-state index contributed by atoms with van der Waals surface area (Å²) in [5.74, 6) is 1.33. The monoisotopic (exact) mass is 201 g/mol. The van der Waals surface area contributed by atoms with Crippen LogP contribution in [0.3, 0.4) is 0 Å². The third kappa shape index (κ3) is 6.39. The number of aliphatic hydroxyl groups excluding tert-OH is 1. The highest BCUT2D eigenvalue weighted by atomic mass is 16.3. The van der Waals surface area contributed by atoms with Crippen molar-refractivity contribution in [3.8, 4) is 0 Å². The molecule has 0 fully saturated rings. The van der Waals surface area contributed by atoms with Crippen molar-refractivity contribution in [1.29, 1.82) is 0 Å². The van der Waals surface area contributed by atoms with Gasteiger partial charge in [-0.1, -0.05) is 27.7 Å². The van der Waals surface area contributed by atoms with E-state index in [4.69, 9.17) is 5.11 Å². The first kappa shape index (κ1) is 13.9. The van der Waals surface area contributed by atoms with Crippen LogP contribution < -0.4 is 5.32 Å². The lowest BCUT2D eigenvalue weighted by Crippen LogP contribution is -2.41. The van der Waals surface area contributed by atoms with E-state index in [1.807, 2.05) is 0 Å². The second-order valence-electron chi connectivity index (χ2n) is 5.06. The fourth-order valence-electron chi connectivity index (χ4n) is 1.89. The van der Waals surface area contributed by atoms with Gasteiger partial charge in [0.25, 0.3) is 0 Å². The van der Waals surface area contributed by atoms with E-state index in [0.29, 0.717) is 18.0 Å². The van der Waals surface area contributed by atoms with Crippen LogP contribution in [0.15, 0.2) is 0 Å². The van der Waals surface area contributed by atoms with Gasteiger partial charge in [-0.3, -0.25) is 0 Å². The Balaban J connectivity index is 3.89. The van der Waals surface area contributed by atoms with Crippen LogP contribution in [0.25, 0.3) is 0 Å². The summed E-state index contributed by atoms with van der Waals surface area (Å²) in [5, 5.41) is 12.5. The Labute approximate surface area is 89.1 Å². The second kappa shape index (κ2) is 7.24. The molecule has 2 N–H and O–H groups in total. The van der Waals surface area contributed by atoms with Gasteiger partial charge in [0.1, 0.15) is 0 Å². The van der Waals surface area contributed by atoms with Crippen LogP contribution in [0, 0.1) is 11.8 Å². The van der Waals surface area contributed by atoms with E-state index in [1.54, 1.807) is 0 Å². The summed E-state index contributed by atoms with van der Waals surface area (Å²) in [7, 11) is 0. The van der Waals surface area contributed by atoms with E-state index in [-0.39, 0.29) is 6.61 Å². The normalized spacial score (nSPS) is 16.3. The van der Waals surface area contributed by atoms with Gasteiger partial charge in [0.15, 0.2) is 0 Å². The highest BCUT2D eigenvalue weighted by molar-refractivity contribution is 4.74. The molecule has 0 radical (unpaired) electrons. The van der Waals surface area contributed by atoms with Crippen LogP contribution in [-0.4, -0.2) is 23.8 Å². The first-order valence-corrected chi connectivity index (χ1v) is 5.84. The van der Waals surface area contributed by atoms with Gasteiger partial charge in [-0.15, -0.1) is 0 Å². The van der Waals surface area contributed by atoms with Crippen molar-refractivity contribution in [1.82, 2.24) is 5.32 Å². The van der Waals surface area contributed by atoms with Crippen LogP contribution in [0.5, 0.6) is 0 Å². The first-order chi connectivity index (χ1) is 6.47. The molecule has 0 saturated heterocycles. The largest absolute Gasteiger partial charge is 0.396 e. The molecule has 2 atom stereocenters. The smallest absolute Gasteiger partial charge is 0.0445 e. The lowest BCUT2D eigenvalue weighted by molar-refractivity contribution is 0.232. The molecule has 2 heteroatoms. The van der Waals surface area contributed by atoms with Crippen LogP contribution >= 0.6 is 0 Å². The maximum absolute atomic E-state index is 8.94. The molecule has 0 spiro atoms. The summed E-state index contributed by atoms with van der Waals surface area (Å²) < 4.78 is 0. The van der Waals surface area contributed by atoms with Crippen LogP contribution in [0.4, 0.5) is 0 Å². The summed E-state index contributed by atoms with van der Waals surface area (Å²) in [5.41, 5.74) is 0. The van der Waals surface area contributed by atoms with E-state index in [0.717, 1.165) is 12.3 Å². The Morgan fingerprint density at radius 2 is 1.64 bits per heavy atom. The Hall–Kier alpha value is -0.0800. The van der Waals surface area contributed by atoms with Gasteiger partial charge >= 0.3 is 0 Å². The molecular weight excluding hydrogens is 174 g/mol. The number of aliphatic hydroxyl groups is 1. The average molecular weight is 201 g/mol. The number of hydrogen-bond donors (Lipinski definition) is 2. The molecule has 0 rings (SSSR count). The first-order valence-electron chi connectivity index (χ1n) is 5.84. The fraction of sp³-hybridized carbons (Fsp3) is 1.00. The molecule has 0 heterocycles. The van der Waals surface area contributed by atoms with Crippen LogP contribution in [0.2, 0.25) is 0 Å². The summed E-state index contributed by atoms with van der Waals surface area (Å²) in [6.07, 6.45) is 2.06. The molecule has 0 aliphatic heterocycles. The number of hydrogen-bond acceptors (Lipinski definition) is 2. The third-order valence-corrected chi connectivity index (χ3v) is 2.57. The summed E-state index contributed by atoms with van der Waals surface area (Å²) in [6.45, 7) is 11.4. The molecule has 14 heavy (non-hydrogen) atoms. The van der Waals surface area contributed by atoms with E-state index < -0.39 is 0 Å². The molecule has 0 saturated carbocycles. The van der Waals surface area contributed by atoms with E-state index >= 15 is 0 Å². The Bertz CT molecular complexity index is 134. The van der Waals surface area contributed by atoms with E-state index in [2.05, 4.69) is 39.9 Å². The maximum atomic E-state index is 8.94. The van der Waals surface area contributed by atoms with Gasteiger partial charge in [-0.25, -0.2) is 0 Å². The molecule has 2 unspecified atom stereocenters. The van der Waals surface area contributed by atoms with Gasteiger partial charge < -0.3 is 10.4 Å². The summed E-state index contributed by atoms with van der Waals surface area (Å²) in [6, 6.07) is 1.00. The third-order valence-electron chi connectivity index (χ3n) is 2.57. The molecule has 0 aromatic rings. The standard InChI is InChI=1S/C12H27NO/c1-9(2)8-11(5)13-12(6-7-14)10(3)4/h9-14H,6-8H2,1-5H3. The zero-order valence-corrected chi connectivity index (χ0v) is 10.4. The molecular formula is C12H27NO. The Morgan fingerprint density at radius 3 is 2.00 bits per heavy atom. The minimum atomic E-state index is 0.282. The lowest BCUT2D eigenvalue weighted by atomic mass is 9.98. The van der Waals surface area contributed by atoms with Gasteiger partial charge in [0.05, 0.1) is 0 Å². The highest BCUT2D eigenvalue weighted by Crippen LogP contribution is 2.10. The summed E-state index contributed by atoms with van der Waals surface area (Å²) in [4.78, 5) is 0. The molecule has 0 amide bonds. The van der Waals surface area contributed by atoms with E-state index in [1.165, 1.54) is 6.42 Å². The van der Waals surface area contributed by atoms with Crippen LogP contribution in [-0.2, 0) is 0 Å². The minimum Gasteiger partial charge on any atom is -0.396 e. The zero-order chi connectivity index (χ0) is 11.1. The average Bonchev–Trinajstić information content (AvgIpc) is 2.01. The van der Waals surface area contributed by atoms with Gasteiger partial charge in [-0.05, 0) is 31.6 Å². The molecule has 0 aromatic heterocycles. The number of rotatable bonds is 7. The maximum Gasteiger partial charge on any atom is 0.0445 e. The molecule has 0 aromatic carbocycles. The number of nitrogens with one attached hydrogen (secondary N) is 1. The van der Waals surface area contributed by atoms with Crippen molar-refractivity contribution in [2.24, 2.45) is 11.8 Å².